The lowest BCUT2D eigenvalue weighted by molar-refractivity contribution is -0.186. The van der Waals surface area contributed by atoms with Gasteiger partial charge >= 0.3 is 0 Å². The van der Waals surface area contributed by atoms with Crippen molar-refractivity contribution >= 4 is 17.7 Å². The summed E-state index contributed by atoms with van der Waals surface area (Å²) in [6.45, 7) is 3.48. The number of likely N-dealkylation sites (tertiary alicyclic amines) is 2. The first-order valence-electron chi connectivity index (χ1n) is 8.16. The third-order valence-corrected chi connectivity index (χ3v) is 5.05. The van der Waals surface area contributed by atoms with Crippen LogP contribution in [-0.4, -0.2) is 80.7 Å². The minimum absolute atomic E-state index is 0.167. The Bertz CT molecular complexity index is 538. The fourth-order valence-electron chi connectivity index (χ4n) is 3.99. The fraction of sp³-hybridized carbons (Fsp3) is 0.800. The predicted octanol–water partition coefficient (Wildman–Crippen LogP) is -2.48. The highest BCUT2D eigenvalue weighted by atomic mass is 16.3. The van der Waals surface area contributed by atoms with E-state index in [1.54, 1.807) is 4.90 Å². The molecular formula is C15H26N4O5. The Balaban J connectivity index is 2.30. The molecule has 5 atom stereocenters. The minimum Gasteiger partial charge on any atom is -0.391 e. The first-order chi connectivity index (χ1) is 11.1. The Morgan fingerprint density at radius 3 is 2.04 bits per heavy atom. The van der Waals surface area contributed by atoms with Gasteiger partial charge < -0.3 is 26.6 Å². The summed E-state index contributed by atoms with van der Waals surface area (Å²) in [5, 5.41) is 19.7. The first-order valence-corrected chi connectivity index (χ1v) is 8.16. The lowest BCUT2D eigenvalue weighted by atomic mass is 9.76. The molecule has 0 bridgehead atoms. The van der Waals surface area contributed by atoms with E-state index in [1.807, 2.05) is 0 Å². The molecule has 3 amide bonds. The van der Waals surface area contributed by atoms with E-state index in [4.69, 9.17) is 11.5 Å². The number of carbonyl (C=O) groups excluding carboxylic acids is 3. The topological polar surface area (TPSA) is 150 Å². The van der Waals surface area contributed by atoms with Crippen LogP contribution in [0.15, 0.2) is 0 Å². The van der Waals surface area contributed by atoms with Crippen molar-refractivity contribution in [3.8, 4) is 0 Å². The molecule has 2 rings (SSSR count). The van der Waals surface area contributed by atoms with Crippen LogP contribution in [0.25, 0.3) is 0 Å². The summed E-state index contributed by atoms with van der Waals surface area (Å²) in [4.78, 5) is 39.1. The molecule has 9 heteroatoms. The van der Waals surface area contributed by atoms with Crippen LogP contribution in [0.5, 0.6) is 0 Å². The number of nitrogens with two attached hydrogens (primary N) is 2. The summed E-state index contributed by atoms with van der Waals surface area (Å²) in [7, 11) is 0. The van der Waals surface area contributed by atoms with Gasteiger partial charge in [-0.2, -0.15) is 0 Å². The molecule has 6 N–H and O–H groups in total. The molecule has 0 radical (unpaired) electrons. The highest BCUT2D eigenvalue weighted by molar-refractivity contribution is 5.98. The largest absolute Gasteiger partial charge is 0.391 e. The summed E-state index contributed by atoms with van der Waals surface area (Å²) in [5.74, 6) is -1.84. The molecule has 2 heterocycles. The Hall–Kier alpha value is -1.71. The summed E-state index contributed by atoms with van der Waals surface area (Å²) in [6.07, 6.45) is -0.0460. The number of β-lactam (4-membered cyclic amide) rings is 1. The molecule has 0 aromatic carbocycles. The number of piperidine rings is 1. The van der Waals surface area contributed by atoms with Crippen molar-refractivity contribution in [3.63, 3.8) is 0 Å². The second-order valence-electron chi connectivity index (χ2n) is 6.79. The molecule has 2 aliphatic heterocycles. The Morgan fingerprint density at radius 1 is 1.08 bits per heavy atom. The zero-order valence-corrected chi connectivity index (χ0v) is 14.0. The van der Waals surface area contributed by atoms with Crippen molar-refractivity contribution < 1.29 is 24.6 Å². The van der Waals surface area contributed by atoms with Crippen molar-refractivity contribution in [1.29, 1.82) is 0 Å². The molecule has 0 aromatic heterocycles. The number of aliphatic hydroxyl groups is 2. The van der Waals surface area contributed by atoms with Crippen molar-refractivity contribution in [1.82, 2.24) is 9.80 Å². The number of hydrogen-bond acceptors (Lipinski definition) is 6. The molecule has 0 aliphatic carbocycles. The number of carbonyl (C=O) groups is 3. The van der Waals surface area contributed by atoms with Gasteiger partial charge in [0.05, 0.1) is 12.2 Å². The van der Waals surface area contributed by atoms with Crippen LogP contribution in [0.1, 0.15) is 33.1 Å². The zero-order valence-electron chi connectivity index (χ0n) is 14.0. The minimum atomic E-state index is -1.11. The quantitative estimate of drug-likeness (QED) is 0.393. The van der Waals surface area contributed by atoms with Gasteiger partial charge in [-0.3, -0.25) is 19.3 Å². The van der Waals surface area contributed by atoms with Crippen LogP contribution in [0.3, 0.4) is 0 Å². The highest BCUT2D eigenvalue weighted by Crippen LogP contribution is 2.41. The molecule has 0 saturated carbocycles. The Kier molecular flexibility index (Phi) is 5.17. The van der Waals surface area contributed by atoms with Gasteiger partial charge in [0.2, 0.25) is 17.7 Å². The van der Waals surface area contributed by atoms with Crippen molar-refractivity contribution in [2.45, 2.75) is 62.9 Å². The van der Waals surface area contributed by atoms with E-state index in [1.165, 1.54) is 18.7 Å². The molecular weight excluding hydrogens is 316 g/mol. The van der Waals surface area contributed by atoms with Crippen molar-refractivity contribution in [2.75, 3.05) is 13.1 Å². The maximum atomic E-state index is 12.9. The average Bonchev–Trinajstić information content (AvgIpc) is 2.46. The SMILES string of the molecule is C[C@@H](O)[C@@H](C(N)=O)N1CC2(CCCCN2[C@H](C(N)=O)[C@@H](C)O)C1=O. The number of aliphatic hydroxyl groups excluding tert-OH is 2. The first kappa shape index (κ1) is 18.6. The van der Waals surface area contributed by atoms with Crippen LogP contribution in [0, 0.1) is 0 Å². The van der Waals surface area contributed by atoms with Gasteiger partial charge in [-0.05, 0) is 33.1 Å². The summed E-state index contributed by atoms with van der Waals surface area (Å²) >= 11 is 0. The summed E-state index contributed by atoms with van der Waals surface area (Å²) in [6, 6.07) is -2.08. The van der Waals surface area contributed by atoms with E-state index in [9.17, 15) is 24.6 Å². The Labute approximate surface area is 140 Å². The van der Waals surface area contributed by atoms with E-state index < -0.39 is 41.6 Å². The number of nitrogens with zero attached hydrogens (tertiary/aromatic N) is 2. The molecule has 1 unspecified atom stereocenters. The molecule has 1 spiro atoms. The standard InChI is InChI=1S/C15H26N4O5/c1-8(20)10(12(16)22)18-7-15(14(18)24)5-3-4-6-19(15)11(9(2)21)13(17)23/h8-11,20-21H,3-7H2,1-2H3,(H2,16,22)(H2,17,23)/t8-,9-,10+,11+,15?/m1/s1. The van der Waals surface area contributed by atoms with Crippen LogP contribution in [0.2, 0.25) is 0 Å². The highest BCUT2D eigenvalue weighted by Gasteiger charge is 2.61. The van der Waals surface area contributed by atoms with Crippen LogP contribution in [0.4, 0.5) is 0 Å². The van der Waals surface area contributed by atoms with Crippen molar-refractivity contribution in [3.05, 3.63) is 0 Å². The number of amides is 3. The van der Waals surface area contributed by atoms with E-state index in [2.05, 4.69) is 0 Å². The van der Waals surface area contributed by atoms with Crippen LogP contribution in [-0.2, 0) is 14.4 Å². The van der Waals surface area contributed by atoms with Gasteiger partial charge in [0.15, 0.2) is 0 Å². The number of primary amides is 2. The van der Waals surface area contributed by atoms with E-state index >= 15 is 0 Å². The molecule has 2 fully saturated rings. The van der Waals surface area contributed by atoms with Crippen LogP contribution < -0.4 is 11.5 Å². The second-order valence-corrected chi connectivity index (χ2v) is 6.79. The average molecular weight is 342 g/mol. The van der Waals surface area contributed by atoms with Gasteiger partial charge in [0.25, 0.3) is 0 Å². The third-order valence-electron chi connectivity index (χ3n) is 5.05. The van der Waals surface area contributed by atoms with Gasteiger partial charge in [-0.15, -0.1) is 0 Å². The van der Waals surface area contributed by atoms with Gasteiger partial charge in [0, 0.05) is 13.1 Å². The molecule has 0 aromatic rings. The number of hydrogen-bond donors (Lipinski definition) is 4. The van der Waals surface area contributed by atoms with E-state index in [-0.39, 0.29) is 12.5 Å². The second kappa shape index (κ2) is 6.66. The van der Waals surface area contributed by atoms with Crippen LogP contribution >= 0.6 is 0 Å². The normalized spacial score (nSPS) is 29.7. The molecule has 2 aliphatic rings. The van der Waals surface area contributed by atoms with Gasteiger partial charge in [-0.1, -0.05) is 0 Å². The van der Waals surface area contributed by atoms with E-state index in [0.717, 1.165) is 12.8 Å². The smallest absolute Gasteiger partial charge is 0.245 e. The van der Waals surface area contributed by atoms with Gasteiger partial charge in [0.1, 0.15) is 17.6 Å². The lowest BCUT2D eigenvalue weighted by Gasteiger charge is -2.59. The van der Waals surface area contributed by atoms with E-state index in [0.29, 0.717) is 13.0 Å². The molecule has 2 saturated heterocycles. The molecule has 136 valence electrons. The monoisotopic (exact) mass is 342 g/mol. The molecule has 24 heavy (non-hydrogen) atoms. The number of rotatable bonds is 6. The summed E-state index contributed by atoms with van der Waals surface area (Å²) < 4.78 is 0. The lowest BCUT2D eigenvalue weighted by Crippen LogP contribution is -2.81. The maximum Gasteiger partial charge on any atom is 0.245 e. The van der Waals surface area contributed by atoms with Crippen molar-refractivity contribution in [2.24, 2.45) is 11.5 Å². The Morgan fingerprint density at radius 2 is 1.62 bits per heavy atom. The maximum absolute atomic E-state index is 12.9. The van der Waals surface area contributed by atoms with Gasteiger partial charge in [-0.25, -0.2) is 0 Å². The summed E-state index contributed by atoms with van der Waals surface area (Å²) in [5.41, 5.74) is 9.75. The predicted molar refractivity (Wildman–Crippen MR) is 84.3 cm³/mol. The molecule has 9 nitrogen and oxygen atoms in total. The fourth-order valence-corrected chi connectivity index (χ4v) is 3.99. The zero-order chi connectivity index (χ0) is 18.2. The third kappa shape index (κ3) is 2.87.